The second kappa shape index (κ2) is 4.67. The second-order valence-corrected chi connectivity index (χ2v) is 4.55. The number of rotatable bonds is 3. The van der Waals surface area contributed by atoms with Gasteiger partial charge in [-0.1, -0.05) is 0 Å². The third-order valence-electron chi connectivity index (χ3n) is 2.51. The Morgan fingerprint density at radius 2 is 2.35 bits per heavy atom. The van der Waals surface area contributed by atoms with Gasteiger partial charge in [-0.05, 0) is 17.9 Å². The first-order valence-electron chi connectivity index (χ1n) is 5.13. The van der Waals surface area contributed by atoms with Crippen molar-refractivity contribution in [3.8, 4) is 0 Å². The molecule has 0 fully saturated rings. The smallest absolute Gasteiger partial charge is 0.307 e. The maximum absolute atomic E-state index is 12.0. The number of nitrogens with zero attached hydrogens (tertiary/aromatic N) is 2. The largest absolute Gasteiger partial charge is 0.469 e. The van der Waals surface area contributed by atoms with Crippen LogP contribution in [0.25, 0.3) is 10.2 Å². The SMILES string of the molecule is COC(=O)CCn1cnc2c(C)csc2c1=O. The van der Waals surface area contributed by atoms with Crippen molar-refractivity contribution in [1.82, 2.24) is 9.55 Å². The van der Waals surface area contributed by atoms with Gasteiger partial charge in [0.05, 0.1) is 25.4 Å². The van der Waals surface area contributed by atoms with Crippen LogP contribution < -0.4 is 5.56 Å². The van der Waals surface area contributed by atoms with Crippen LogP contribution in [0.15, 0.2) is 16.5 Å². The first-order chi connectivity index (χ1) is 8.13. The summed E-state index contributed by atoms with van der Waals surface area (Å²) >= 11 is 1.38. The fourth-order valence-corrected chi connectivity index (χ4v) is 2.48. The zero-order chi connectivity index (χ0) is 12.4. The summed E-state index contributed by atoms with van der Waals surface area (Å²) in [6.07, 6.45) is 1.65. The lowest BCUT2D eigenvalue weighted by atomic mass is 10.3. The van der Waals surface area contributed by atoms with Gasteiger partial charge >= 0.3 is 5.97 Å². The number of fused-ring (bicyclic) bond motifs is 1. The lowest BCUT2D eigenvalue weighted by Gasteiger charge is -2.03. The first-order valence-corrected chi connectivity index (χ1v) is 6.01. The average molecular weight is 252 g/mol. The molecule has 6 heteroatoms. The molecule has 5 nitrogen and oxygen atoms in total. The predicted octanol–water partition coefficient (Wildman–Crippen LogP) is 1.33. The van der Waals surface area contributed by atoms with E-state index in [1.807, 2.05) is 12.3 Å². The van der Waals surface area contributed by atoms with Crippen LogP contribution in [0.1, 0.15) is 12.0 Å². The standard InChI is InChI=1S/C11H12N2O3S/c1-7-5-17-10-9(7)12-6-13(11(10)15)4-3-8(14)16-2/h5-6H,3-4H2,1-2H3. The van der Waals surface area contributed by atoms with Crippen molar-refractivity contribution in [3.05, 3.63) is 27.6 Å². The maximum Gasteiger partial charge on any atom is 0.307 e. The van der Waals surface area contributed by atoms with E-state index in [9.17, 15) is 9.59 Å². The number of aryl methyl sites for hydroxylation is 2. The number of methoxy groups -OCH3 is 1. The number of carbonyl (C=O) groups is 1. The Kier molecular flexibility index (Phi) is 3.23. The molecule has 0 aliphatic carbocycles. The summed E-state index contributed by atoms with van der Waals surface area (Å²) in [5.74, 6) is -0.334. The summed E-state index contributed by atoms with van der Waals surface area (Å²) in [7, 11) is 1.33. The number of esters is 1. The number of hydrogen-bond donors (Lipinski definition) is 0. The molecule has 0 saturated heterocycles. The van der Waals surface area contributed by atoms with E-state index >= 15 is 0 Å². The van der Waals surface area contributed by atoms with E-state index in [2.05, 4.69) is 9.72 Å². The summed E-state index contributed by atoms with van der Waals surface area (Å²) in [5, 5.41) is 1.91. The lowest BCUT2D eigenvalue weighted by molar-refractivity contribution is -0.140. The molecule has 2 heterocycles. The third-order valence-corrected chi connectivity index (χ3v) is 3.58. The van der Waals surface area contributed by atoms with Gasteiger partial charge in [0, 0.05) is 6.54 Å². The second-order valence-electron chi connectivity index (χ2n) is 3.67. The Morgan fingerprint density at radius 1 is 1.59 bits per heavy atom. The fourth-order valence-electron chi connectivity index (χ4n) is 1.53. The normalized spacial score (nSPS) is 10.7. The molecule has 17 heavy (non-hydrogen) atoms. The van der Waals surface area contributed by atoms with Crippen LogP contribution in [0.4, 0.5) is 0 Å². The van der Waals surface area contributed by atoms with Gasteiger partial charge in [0.1, 0.15) is 4.70 Å². The molecular formula is C11H12N2O3S. The number of carbonyl (C=O) groups excluding carboxylic acids is 1. The third kappa shape index (κ3) is 2.21. The highest BCUT2D eigenvalue weighted by Crippen LogP contribution is 2.19. The van der Waals surface area contributed by atoms with Gasteiger partial charge in [-0.3, -0.25) is 14.2 Å². The highest BCUT2D eigenvalue weighted by atomic mass is 32.1. The summed E-state index contributed by atoms with van der Waals surface area (Å²) < 4.78 is 6.61. The quantitative estimate of drug-likeness (QED) is 0.773. The van der Waals surface area contributed by atoms with E-state index in [0.29, 0.717) is 11.2 Å². The molecule has 0 saturated carbocycles. The molecule has 0 N–H and O–H groups in total. The molecule has 2 aromatic rings. The van der Waals surface area contributed by atoms with Crippen molar-refractivity contribution in [2.45, 2.75) is 19.9 Å². The molecule has 0 bridgehead atoms. The van der Waals surface area contributed by atoms with Crippen molar-refractivity contribution >= 4 is 27.5 Å². The molecule has 0 atom stereocenters. The zero-order valence-electron chi connectivity index (χ0n) is 9.60. The monoisotopic (exact) mass is 252 g/mol. The van der Waals surface area contributed by atoms with Crippen LogP contribution in [0.2, 0.25) is 0 Å². The van der Waals surface area contributed by atoms with E-state index in [1.165, 1.54) is 29.3 Å². The van der Waals surface area contributed by atoms with Gasteiger partial charge < -0.3 is 4.74 Å². The Morgan fingerprint density at radius 3 is 3.06 bits per heavy atom. The Hall–Kier alpha value is -1.69. The van der Waals surface area contributed by atoms with Crippen LogP contribution in [-0.2, 0) is 16.1 Å². The number of thiophene rings is 1. The van der Waals surface area contributed by atoms with Crippen molar-refractivity contribution < 1.29 is 9.53 Å². The van der Waals surface area contributed by atoms with Gasteiger partial charge in [-0.15, -0.1) is 11.3 Å². The molecule has 0 amide bonds. The van der Waals surface area contributed by atoms with Gasteiger partial charge in [-0.2, -0.15) is 0 Å². The van der Waals surface area contributed by atoms with Crippen LogP contribution in [-0.4, -0.2) is 22.6 Å². The molecule has 0 unspecified atom stereocenters. The lowest BCUT2D eigenvalue weighted by Crippen LogP contribution is -2.21. The van der Waals surface area contributed by atoms with Gasteiger partial charge in [0.15, 0.2) is 0 Å². The van der Waals surface area contributed by atoms with Crippen LogP contribution in [0.3, 0.4) is 0 Å². The summed E-state index contributed by atoms with van der Waals surface area (Å²) in [4.78, 5) is 27.3. The van der Waals surface area contributed by atoms with E-state index in [1.54, 1.807) is 0 Å². The summed E-state index contributed by atoms with van der Waals surface area (Å²) in [6.45, 7) is 2.22. The fraction of sp³-hybridized carbons (Fsp3) is 0.364. The zero-order valence-corrected chi connectivity index (χ0v) is 10.4. The Labute approximate surface area is 102 Å². The molecule has 2 aromatic heterocycles. The van der Waals surface area contributed by atoms with Crippen LogP contribution in [0, 0.1) is 6.92 Å². The summed E-state index contributed by atoms with van der Waals surface area (Å²) in [5.41, 5.74) is 1.65. The average Bonchev–Trinajstić information content (AvgIpc) is 2.71. The van der Waals surface area contributed by atoms with E-state index in [-0.39, 0.29) is 17.9 Å². The minimum atomic E-state index is -0.334. The van der Waals surface area contributed by atoms with E-state index in [4.69, 9.17) is 0 Å². The Balaban J connectivity index is 2.33. The van der Waals surface area contributed by atoms with Crippen molar-refractivity contribution in [2.75, 3.05) is 7.11 Å². The highest BCUT2D eigenvalue weighted by Gasteiger charge is 2.09. The van der Waals surface area contributed by atoms with Gasteiger partial charge in [0.2, 0.25) is 0 Å². The maximum atomic E-state index is 12.0. The van der Waals surface area contributed by atoms with Crippen LogP contribution >= 0.6 is 11.3 Å². The molecule has 0 spiro atoms. The van der Waals surface area contributed by atoms with Gasteiger partial charge in [0.25, 0.3) is 5.56 Å². The number of aromatic nitrogens is 2. The van der Waals surface area contributed by atoms with Crippen molar-refractivity contribution in [3.63, 3.8) is 0 Å². The van der Waals surface area contributed by atoms with E-state index < -0.39 is 0 Å². The molecule has 0 aliphatic heterocycles. The van der Waals surface area contributed by atoms with Crippen LogP contribution in [0.5, 0.6) is 0 Å². The molecule has 90 valence electrons. The van der Waals surface area contributed by atoms with E-state index in [0.717, 1.165) is 11.1 Å². The molecule has 0 radical (unpaired) electrons. The molecule has 0 aromatic carbocycles. The van der Waals surface area contributed by atoms with Crippen molar-refractivity contribution in [1.29, 1.82) is 0 Å². The first kappa shape index (κ1) is 11.8. The molecular weight excluding hydrogens is 240 g/mol. The number of hydrogen-bond acceptors (Lipinski definition) is 5. The van der Waals surface area contributed by atoms with Gasteiger partial charge in [-0.25, -0.2) is 4.98 Å². The topological polar surface area (TPSA) is 61.2 Å². The summed E-state index contributed by atoms with van der Waals surface area (Å²) in [6, 6.07) is 0. The number of ether oxygens (including phenoxy) is 1. The molecule has 0 aliphatic rings. The minimum absolute atomic E-state index is 0.1000. The Bertz CT molecular complexity index is 615. The minimum Gasteiger partial charge on any atom is -0.469 e. The highest BCUT2D eigenvalue weighted by molar-refractivity contribution is 7.17. The van der Waals surface area contributed by atoms with Crippen molar-refractivity contribution in [2.24, 2.45) is 0 Å². The predicted molar refractivity (Wildman–Crippen MR) is 65.3 cm³/mol. The molecule has 2 rings (SSSR count).